The molecule has 0 aliphatic heterocycles. The normalized spacial score (nSPS) is 10.3. The van der Waals surface area contributed by atoms with Crippen LogP contribution in [0.15, 0.2) is 78.9 Å². The second-order valence-electron chi connectivity index (χ2n) is 6.75. The lowest BCUT2D eigenvalue weighted by Crippen LogP contribution is -2.41. The fraction of sp³-hybridized carbons (Fsp3) is 0.200. The molecule has 3 rings (SSSR count). The van der Waals surface area contributed by atoms with Crippen molar-refractivity contribution in [3.05, 3.63) is 95.6 Å². The lowest BCUT2D eigenvalue weighted by atomic mass is 10.2. The molecule has 2 amide bonds. The predicted molar refractivity (Wildman–Crippen MR) is 121 cm³/mol. The van der Waals surface area contributed by atoms with Crippen LogP contribution in [0.5, 0.6) is 11.5 Å². The van der Waals surface area contributed by atoms with Crippen LogP contribution in [0, 0.1) is 0 Å². The van der Waals surface area contributed by atoms with E-state index in [1.54, 1.807) is 48.5 Å². The van der Waals surface area contributed by atoms with E-state index in [1.807, 2.05) is 37.3 Å². The Kier molecular flexibility index (Phi) is 8.65. The Morgan fingerprint density at radius 2 is 1.44 bits per heavy atom. The number of amides is 2. The Morgan fingerprint density at radius 1 is 0.750 bits per heavy atom. The fourth-order valence-corrected chi connectivity index (χ4v) is 2.83. The van der Waals surface area contributed by atoms with Gasteiger partial charge in [0.2, 0.25) is 0 Å². The van der Waals surface area contributed by atoms with Crippen LogP contribution >= 0.6 is 0 Å². The zero-order chi connectivity index (χ0) is 22.6. The molecule has 0 radical (unpaired) electrons. The minimum absolute atomic E-state index is 0.314. The van der Waals surface area contributed by atoms with Gasteiger partial charge in [0.05, 0.1) is 12.2 Å². The highest BCUT2D eigenvalue weighted by Gasteiger charge is 2.14. The average Bonchev–Trinajstić information content (AvgIpc) is 2.85. The third-order valence-corrected chi connectivity index (χ3v) is 4.48. The van der Waals surface area contributed by atoms with E-state index in [0.29, 0.717) is 49.1 Å². The molecular formula is C25H26N2O5. The first kappa shape index (κ1) is 22.8. The molecule has 0 aliphatic rings. The van der Waals surface area contributed by atoms with Crippen molar-refractivity contribution in [2.24, 2.45) is 0 Å². The van der Waals surface area contributed by atoms with Crippen LogP contribution < -0.4 is 20.3 Å². The summed E-state index contributed by atoms with van der Waals surface area (Å²) in [6, 6.07) is 23.3. The summed E-state index contributed by atoms with van der Waals surface area (Å²) in [6.45, 7) is 3.68. The average molecular weight is 434 g/mol. The molecule has 3 aromatic carbocycles. The van der Waals surface area contributed by atoms with E-state index in [9.17, 15) is 9.59 Å². The topological polar surface area (TPSA) is 85.9 Å². The highest BCUT2D eigenvalue weighted by molar-refractivity contribution is 6.00. The van der Waals surface area contributed by atoms with Crippen LogP contribution in [0.3, 0.4) is 0 Å². The van der Waals surface area contributed by atoms with Crippen molar-refractivity contribution in [2.75, 3.05) is 19.8 Å². The van der Waals surface area contributed by atoms with Gasteiger partial charge in [0.1, 0.15) is 24.7 Å². The van der Waals surface area contributed by atoms with E-state index in [-0.39, 0.29) is 0 Å². The van der Waals surface area contributed by atoms with Gasteiger partial charge in [-0.3, -0.25) is 20.4 Å². The van der Waals surface area contributed by atoms with Gasteiger partial charge in [0.15, 0.2) is 0 Å². The molecule has 32 heavy (non-hydrogen) atoms. The number of rotatable bonds is 10. The highest BCUT2D eigenvalue weighted by Crippen LogP contribution is 2.18. The highest BCUT2D eigenvalue weighted by atomic mass is 16.5. The Bertz CT molecular complexity index is 1010. The van der Waals surface area contributed by atoms with Gasteiger partial charge in [0, 0.05) is 12.2 Å². The van der Waals surface area contributed by atoms with Crippen molar-refractivity contribution in [3.8, 4) is 11.5 Å². The van der Waals surface area contributed by atoms with E-state index < -0.39 is 11.8 Å². The fourth-order valence-electron chi connectivity index (χ4n) is 2.83. The molecule has 0 aromatic heterocycles. The first-order valence-electron chi connectivity index (χ1n) is 10.3. The smallest absolute Gasteiger partial charge is 0.273 e. The number of hydrogen-bond donors (Lipinski definition) is 2. The van der Waals surface area contributed by atoms with E-state index in [2.05, 4.69) is 10.9 Å². The molecule has 0 saturated heterocycles. The molecule has 166 valence electrons. The third-order valence-electron chi connectivity index (χ3n) is 4.48. The first-order chi connectivity index (χ1) is 15.7. The summed E-state index contributed by atoms with van der Waals surface area (Å²) in [6.07, 6.45) is 0. The van der Waals surface area contributed by atoms with Crippen LogP contribution in [0.25, 0.3) is 0 Å². The second kappa shape index (κ2) is 12.1. The molecular weight excluding hydrogens is 408 g/mol. The molecule has 0 heterocycles. The summed E-state index contributed by atoms with van der Waals surface area (Å²) in [5, 5.41) is 0. The van der Waals surface area contributed by atoms with Gasteiger partial charge in [-0.05, 0) is 48.9 Å². The summed E-state index contributed by atoms with van der Waals surface area (Å²) >= 11 is 0. The van der Waals surface area contributed by atoms with Crippen molar-refractivity contribution in [1.82, 2.24) is 10.9 Å². The SMILES string of the molecule is CCOCCOc1ccccc1C(=O)NNC(=O)c1ccc(OCc2ccccc2)cc1. The van der Waals surface area contributed by atoms with Crippen LogP contribution in [0.4, 0.5) is 0 Å². The van der Waals surface area contributed by atoms with E-state index >= 15 is 0 Å². The van der Waals surface area contributed by atoms with Gasteiger partial charge in [0.25, 0.3) is 11.8 Å². The zero-order valence-corrected chi connectivity index (χ0v) is 17.9. The number of hydrazine groups is 1. The zero-order valence-electron chi connectivity index (χ0n) is 17.9. The van der Waals surface area contributed by atoms with Gasteiger partial charge < -0.3 is 14.2 Å². The second-order valence-corrected chi connectivity index (χ2v) is 6.75. The van der Waals surface area contributed by atoms with Crippen LogP contribution in [-0.4, -0.2) is 31.6 Å². The maximum absolute atomic E-state index is 12.5. The van der Waals surface area contributed by atoms with Gasteiger partial charge in [-0.25, -0.2) is 0 Å². The Morgan fingerprint density at radius 3 is 2.19 bits per heavy atom. The molecule has 0 saturated carbocycles. The molecule has 0 fully saturated rings. The summed E-state index contributed by atoms with van der Waals surface area (Å²) in [4.78, 5) is 24.9. The Hall–Kier alpha value is -3.84. The van der Waals surface area contributed by atoms with Crippen LogP contribution in [-0.2, 0) is 11.3 Å². The number of hydrogen-bond acceptors (Lipinski definition) is 5. The maximum Gasteiger partial charge on any atom is 0.273 e. The summed E-state index contributed by atoms with van der Waals surface area (Å²) < 4.78 is 16.6. The third kappa shape index (κ3) is 6.85. The lowest BCUT2D eigenvalue weighted by Gasteiger charge is -2.12. The van der Waals surface area contributed by atoms with Crippen molar-refractivity contribution in [2.45, 2.75) is 13.5 Å². The van der Waals surface area contributed by atoms with Crippen molar-refractivity contribution >= 4 is 11.8 Å². The van der Waals surface area contributed by atoms with Crippen molar-refractivity contribution < 1.29 is 23.8 Å². The molecule has 0 spiro atoms. The summed E-state index contributed by atoms with van der Waals surface area (Å²) in [5.41, 5.74) is 6.59. The molecule has 0 unspecified atom stereocenters. The molecule has 0 aliphatic carbocycles. The number of para-hydroxylation sites is 1. The van der Waals surface area contributed by atoms with Gasteiger partial charge >= 0.3 is 0 Å². The minimum atomic E-state index is -0.479. The maximum atomic E-state index is 12.5. The molecule has 0 bridgehead atoms. The largest absolute Gasteiger partial charge is 0.490 e. The van der Waals surface area contributed by atoms with E-state index in [4.69, 9.17) is 14.2 Å². The molecule has 3 aromatic rings. The minimum Gasteiger partial charge on any atom is -0.490 e. The number of benzene rings is 3. The Balaban J connectivity index is 1.50. The molecule has 7 heteroatoms. The lowest BCUT2D eigenvalue weighted by molar-refractivity contribution is 0.0840. The standard InChI is InChI=1S/C25H26N2O5/c1-2-30-16-17-31-23-11-7-6-10-22(23)25(29)27-26-24(28)20-12-14-21(15-13-20)32-18-19-8-4-3-5-9-19/h3-15H,2,16-18H2,1H3,(H,26,28)(H,27,29). The number of carbonyl (C=O) groups excluding carboxylic acids is 2. The molecule has 7 nitrogen and oxygen atoms in total. The van der Waals surface area contributed by atoms with E-state index in [1.165, 1.54) is 0 Å². The van der Waals surface area contributed by atoms with Crippen LogP contribution in [0.2, 0.25) is 0 Å². The number of nitrogens with one attached hydrogen (secondary N) is 2. The first-order valence-corrected chi connectivity index (χ1v) is 10.3. The number of ether oxygens (including phenoxy) is 3. The monoisotopic (exact) mass is 434 g/mol. The van der Waals surface area contributed by atoms with Crippen molar-refractivity contribution in [3.63, 3.8) is 0 Å². The van der Waals surface area contributed by atoms with Crippen molar-refractivity contribution in [1.29, 1.82) is 0 Å². The van der Waals surface area contributed by atoms with Gasteiger partial charge in [-0.2, -0.15) is 0 Å². The van der Waals surface area contributed by atoms with Gasteiger partial charge in [-0.1, -0.05) is 42.5 Å². The van der Waals surface area contributed by atoms with Crippen LogP contribution in [0.1, 0.15) is 33.2 Å². The quantitative estimate of drug-likeness (QED) is 0.375. The summed E-state index contributed by atoms with van der Waals surface area (Å²) in [5.74, 6) is 0.141. The predicted octanol–water partition coefficient (Wildman–Crippen LogP) is 3.76. The molecule has 2 N–H and O–H groups in total. The molecule has 0 atom stereocenters. The summed E-state index contributed by atoms with van der Waals surface area (Å²) in [7, 11) is 0. The number of carbonyl (C=O) groups is 2. The van der Waals surface area contributed by atoms with E-state index in [0.717, 1.165) is 5.56 Å². The van der Waals surface area contributed by atoms with Gasteiger partial charge in [-0.15, -0.1) is 0 Å². The Labute approximate surface area is 187 Å².